The Morgan fingerprint density at radius 2 is 1.29 bits per heavy atom. The van der Waals surface area contributed by atoms with Crippen molar-refractivity contribution in [1.82, 2.24) is 0 Å². The number of nitro benzene ring substituents is 1. The number of hydrogen-bond acceptors (Lipinski definition) is 2. The van der Waals surface area contributed by atoms with Gasteiger partial charge in [-0.1, -0.05) is 40.0 Å². The van der Waals surface area contributed by atoms with Crippen LogP contribution in [-0.2, 0) is 6.16 Å². The molecule has 0 bridgehead atoms. The maximum atomic E-state index is 10.8. The quantitative estimate of drug-likeness (QED) is 0.296. The lowest BCUT2D eigenvalue weighted by molar-refractivity contribution is -0.384. The first-order chi connectivity index (χ1) is 11.1. The summed E-state index contributed by atoms with van der Waals surface area (Å²) in [6.07, 6.45) is 13.1. The van der Waals surface area contributed by atoms with Gasteiger partial charge in [-0.25, -0.2) is 0 Å². The summed E-state index contributed by atoms with van der Waals surface area (Å²) in [5.74, 6) is 0. The molecule has 0 fully saturated rings. The Labute approximate surface area is 158 Å². The van der Waals surface area contributed by atoms with Crippen LogP contribution in [-0.4, -0.2) is 23.4 Å². The molecular weight excluding hydrogens is 385 g/mol. The lowest BCUT2D eigenvalue weighted by atomic mass is 10.2. The molecule has 0 saturated heterocycles. The van der Waals surface area contributed by atoms with Gasteiger partial charge in [-0.3, -0.25) is 10.1 Å². The van der Waals surface area contributed by atoms with Crippen LogP contribution in [0.5, 0.6) is 0 Å². The van der Waals surface area contributed by atoms with Crippen LogP contribution in [0.3, 0.4) is 0 Å². The summed E-state index contributed by atoms with van der Waals surface area (Å²) in [6.45, 7) is 6.83. The number of nitrogens with zero attached hydrogens (tertiary/aromatic N) is 1. The summed E-state index contributed by atoms with van der Waals surface area (Å²) in [7, 11) is -0.976. The van der Waals surface area contributed by atoms with Crippen molar-refractivity contribution in [2.45, 2.75) is 65.5 Å². The van der Waals surface area contributed by atoms with Gasteiger partial charge in [0.1, 0.15) is 0 Å². The van der Waals surface area contributed by atoms with Gasteiger partial charge in [0.15, 0.2) is 0 Å². The first kappa shape index (κ1) is 23.5. The second-order valence-corrected chi connectivity index (χ2v) is 11.0. The summed E-state index contributed by atoms with van der Waals surface area (Å²) >= 11 is 0. The number of halogens is 1. The molecule has 0 radical (unpaired) electrons. The molecule has 0 spiro atoms. The Morgan fingerprint density at radius 1 is 0.875 bits per heavy atom. The summed E-state index contributed by atoms with van der Waals surface area (Å²) in [5.41, 5.74) is 1.50. The van der Waals surface area contributed by atoms with E-state index in [4.69, 9.17) is 0 Å². The van der Waals surface area contributed by atoms with Crippen LogP contribution in [0.25, 0.3) is 0 Å². The van der Waals surface area contributed by atoms with Crippen LogP contribution in [0.4, 0.5) is 5.69 Å². The third-order valence-electron chi connectivity index (χ3n) is 4.62. The average molecular weight is 418 g/mol. The first-order valence-corrected chi connectivity index (χ1v) is 11.7. The number of unbranched alkanes of at least 4 members (excludes halogenated alkanes) is 3. The Hall–Kier alpha value is -0.470. The van der Waals surface area contributed by atoms with E-state index < -0.39 is 7.26 Å². The molecule has 3 nitrogen and oxygen atoms in total. The second-order valence-electron chi connectivity index (χ2n) is 6.65. The predicted octanol–water partition coefficient (Wildman–Crippen LogP) is 3.52. The van der Waals surface area contributed by atoms with Crippen molar-refractivity contribution >= 4 is 12.9 Å². The molecule has 0 heterocycles. The molecule has 1 aromatic rings. The fourth-order valence-corrected chi connectivity index (χ4v) is 8.26. The molecule has 0 atom stereocenters. The van der Waals surface area contributed by atoms with E-state index in [2.05, 4.69) is 20.8 Å². The standard InChI is InChI=1S/C19H33NO2P.BrH/c1-4-7-14-23(15-8-5-2,16-9-6-3)17-18-10-12-19(13-11-18)20(21)22;/h10-13H,4-9,14-17H2,1-3H3;1H/q+1;/p-1. The van der Waals surface area contributed by atoms with E-state index >= 15 is 0 Å². The van der Waals surface area contributed by atoms with Gasteiger partial charge in [-0.05, 0) is 37.0 Å². The van der Waals surface area contributed by atoms with Crippen molar-refractivity contribution in [2.75, 3.05) is 18.5 Å². The molecular formula is C19H33BrNO2P. The van der Waals surface area contributed by atoms with Crippen molar-refractivity contribution in [2.24, 2.45) is 0 Å². The third kappa shape index (κ3) is 8.07. The van der Waals surface area contributed by atoms with Gasteiger partial charge < -0.3 is 17.0 Å². The van der Waals surface area contributed by atoms with Gasteiger partial charge in [-0.2, -0.15) is 0 Å². The highest BCUT2D eigenvalue weighted by Gasteiger charge is 2.35. The number of benzene rings is 1. The lowest BCUT2D eigenvalue weighted by Gasteiger charge is -2.28. The molecule has 0 unspecified atom stereocenters. The maximum Gasteiger partial charge on any atom is 0.269 e. The van der Waals surface area contributed by atoms with Crippen molar-refractivity contribution < 1.29 is 21.9 Å². The predicted molar refractivity (Wildman–Crippen MR) is 103 cm³/mol. The lowest BCUT2D eigenvalue weighted by Crippen LogP contribution is -3.00. The number of rotatable bonds is 12. The van der Waals surface area contributed by atoms with Crippen molar-refractivity contribution in [3.8, 4) is 0 Å². The largest absolute Gasteiger partial charge is 1.00 e. The van der Waals surface area contributed by atoms with E-state index in [-0.39, 0.29) is 27.6 Å². The van der Waals surface area contributed by atoms with Gasteiger partial charge in [0.05, 0.1) is 29.6 Å². The van der Waals surface area contributed by atoms with Crippen LogP contribution in [0.15, 0.2) is 24.3 Å². The zero-order chi connectivity index (χ0) is 17.1. The van der Waals surface area contributed by atoms with Crippen LogP contribution in [0.2, 0.25) is 0 Å². The molecule has 138 valence electrons. The van der Waals surface area contributed by atoms with Crippen LogP contribution in [0, 0.1) is 10.1 Å². The monoisotopic (exact) mass is 417 g/mol. The van der Waals surface area contributed by atoms with Gasteiger partial charge in [0.25, 0.3) is 5.69 Å². The molecule has 0 N–H and O–H groups in total. The van der Waals surface area contributed by atoms with Crippen LogP contribution in [0.1, 0.15) is 64.9 Å². The van der Waals surface area contributed by atoms with E-state index in [0.29, 0.717) is 0 Å². The molecule has 0 saturated carbocycles. The maximum absolute atomic E-state index is 10.8. The van der Waals surface area contributed by atoms with Crippen molar-refractivity contribution in [3.05, 3.63) is 39.9 Å². The van der Waals surface area contributed by atoms with Crippen LogP contribution >= 0.6 is 7.26 Å². The summed E-state index contributed by atoms with van der Waals surface area (Å²) in [4.78, 5) is 10.5. The Morgan fingerprint density at radius 3 is 1.62 bits per heavy atom. The zero-order valence-corrected chi connectivity index (χ0v) is 17.9. The average Bonchev–Trinajstić information content (AvgIpc) is 2.56. The first-order valence-electron chi connectivity index (χ1n) is 9.15. The molecule has 0 aromatic heterocycles. The SMILES string of the molecule is CCCC[P+](CCCC)(CCCC)Cc1ccc([N+](=O)[O-])cc1.[Br-]. The molecule has 0 aliphatic carbocycles. The van der Waals surface area contributed by atoms with E-state index in [1.807, 2.05) is 12.1 Å². The van der Waals surface area contributed by atoms with Gasteiger partial charge in [-0.15, -0.1) is 0 Å². The summed E-state index contributed by atoms with van der Waals surface area (Å²) < 4.78 is 0. The van der Waals surface area contributed by atoms with Crippen molar-refractivity contribution in [1.29, 1.82) is 0 Å². The molecule has 0 amide bonds. The van der Waals surface area contributed by atoms with Gasteiger partial charge in [0.2, 0.25) is 0 Å². The molecule has 1 rings (SSSR count). The number of non-ortho nitro benzene ring substituents is 1. The molecule has 0 aliphatic rings. The summed E-state index contributed by atoms with van der Waals surface area (Å²) in [6, 6.07) is 7.31. The fourth-order valence-electron chi connectivity index (χ4n) is 3.16. The topological polar surface area (TPSA) is 43.1 Å². The Balaban J connectivity index is 0.00000529. The van der Waals surface area contributed by atoms with E-state index in [0.717, 1.165) is 0 Å². The minimum absolute atomic E-state index is 0. The normalized spacial score (nSPS) is 11.1. The molecule has 1 aromatic carbocycles. The molecule has 5 heteroatoms. The number of nitro groups is 1. The van der Waals surface area contributed by atoms with Crippen molar-refractivity contribution in [3.63, 3.8) is 0 Å². The fraction of sp³-hybridized carbons (Fsp3) is 0.684. The molecule has 24 heavy (non-hydrogen) atoms. The smallest absolute Gasteiger partial charge is 0.269 e. The summed E-state index contributed by atoms with van der Waals surface area (Å²) in [5, 5.41) is 10.8. The zero-order valence-electron chi connectivity index (χ0n) is 15.5. The second kappa shape index (κ2) is 12.8. The van der Waals surface area contributed by atoms with Gasteiger partial charge in [0, 0.05) is 19.4 Å². The highest BCUT2D eigenvalue weighted by molar-refractivity contribution is 7.75. The van der Waals surface area contributed by atoms with E-state index in [1.165, 1.54) is 68.7 Å². The van der Waals surface area contributed by atoms with E-state index in [9.17, 15) is 10.1 Å². The number of hydrogen-bond donors (Lipinski definition) is 0. The van der Waals surface area contributed by atoms with E-state index in [1.54, 1.807) is 12.1 Å². The molecule has 0 aliphatic heterocycles. The van der Waals surface area contributed by atoms with Gasteiger partial charge >= 0.3 is 0 Å². The highest BCUT2D eigenvalue weighted by atomic mass is 79.9. The Bertz CT molecular complexity index is 443. The minimum Gasteiger partial charge on any atom is -1.00 e. The Kier molecular flexibility index (Phi) is 12.6. The minimum atomic E-state index is -0.976. The van der Waals surface area contributed by atoms with Crippen LogP contribution < -0.4 is 17.0 Å². The third-order valence-corrected chi connectivity index (χ3v) is 9.45. The highest BCUT2D eigenvalue weighted by Crippen LogP contribution is 2.63.